The molecule has 1 saturated heterocycles. The maximum absolute atomic E-state index is 14.6. The summed E-state index contributed by atoms with van der Waals surface area (Å²) < 4.78 is 47.0. The fourth-order valence-corrected chi connectivity index (χ4v) is 4.66. The van der Waals surface area contributed by atoms with Crippen LogP contribution in [-0.4, -0.2) is 64.0 Å². The van der Waals surface area contributed by atoms with Gasteiger partial charge in [0, 0.05) is 24.7 Å². The van der Waals surface area contributed by atoms with Crippen LogP contribution in [0.4, 0.5) is 13.6 Å². The van der Waals surface area contributed by atoms with Crippen molar-refractivity contribution in [2.75, 3.05) is 19.8 Å². The summed E-state index contributed by atoms with van der Waals surface area (Å²) in [4.78, 5) is 31.3. The van der Waals surface area contributed by atoms with Crippen LogP contribution in [0.2, 0.25) is 0 Å². The molecule has 1 N–H and O–H groups in total. The van der Waals surface area contributed by atoms with E-state index in [0.29, 0.717) is 31.7 Å². The molecule has 196 valence electrons. The van der Waals surface area contributed by atoms with Crippen LogP contribution >= 0.6 is 0 Å². The number of ether oxygens (including phenoxy) is 3. The Labute approximate surface area is 208 Å². The van der Waals surface area contributed by atoms with Gasteiger partial charge in [-0.2, -0.15) is 0 Å². The number of halogens is 2. The number of amides is 1. The molecule has 0 bridgehead atoms. The highest BCUT2D eigenvalue weighted by molar-refractivity contribution is 5.87. The number of hydrogen-bond donors (Lipinski definition) is 1. The molecule has 11 heteroatoms. The number of alkyl carbamates (subject to hydrolysis) is 1. The monoisotopic (exact) mass is 506 g/mol. The number of esters is 1. The number of fused-ring (bicyclic) bond motifs is 1. The summed E-state index contributed by atoms with van der Waals surface area (Å²) in [5.74, 6) is -0.887. The zero-order valence-electron chi connectivity index (χ0n) is 20.9. The number of nitrogens with one attached hydrogen (secondary N) is 1. The third-order valence-electron chi connectivity index (χ3n) is 6.22. The van der Waals surface area contributed by atoms with Crippen molar-refractivity contribution >= 4 is 12.1 Å². The van der Waals surface area contributed by atoms with E-state index in [2.05, 4.69) is 15.2 Å². The molecular formula is C25H32F2N4O5. The summed E-state index contributed by atoms with van der Waals surface area (Å²) in [6.07, 6.45) is 0.397. The zero-order chi connectivity index (χ0) is 26.0. The molecule has 0 saturated carbocycles. The lowest BCUT2D eigenvalue weighted by Gasteiger charge is -2.43. The Bertz CT molecular complexity index is 1120. The second kappa shape index (κ2) is 10.5. The van der Waals surface area contributed by atoms with Gasteiger partial charge in [-0.15, -0.1) is 0 Å². The molecule has 1 aromatic heterocycles. The van der Waals surface area contributed by atoms with Gasteiger partial charge in [0.05, 0.1) is 32.0 Å². The molecule has 2 aliphatic rings. The largest absolute Gasteiger partial charge is 0.461 e. The van der Waals surface area contributed by atoms with E-state index in [9.17, 15) is 18.4 Å². The molecule has 2 aromatic rings. The molecule has 0 unspecified atom stereocenters. The molecule has 4 rings (SSSR count). The Morgan fingerprint density at radius 3 is 2.75 bits per heavy atom. The van der Waals surface area contributed by atoms with E-state index in [4.69, 9.17) is 14.2 Å². The van der Waals surface area contributed by atoms with E-state index >= 15 is 0 Å². The van der Waals surface area contributed by atoms with Crippen molar-refractivity contribution in [1.29, 1.82) is 0 Å². The van der Waals surface area contributed by atoms with Gasteiger partial charge >= 0.3 is 12.1 Å². The van der Waals surface area contributed by atoms with Gasteiger partial charge in [-0.1, -0.05) is 0 Å². The number of hydrogen-bond acceptors (Lipinski definition) is 7. The highest BCUT2D eigenvalue weighted by Gasteiger charge is 2.39. The minimum absolute atomic E-state index is 0.0442. The van der Waals surface area contributed by atoms with Gasteiger partial charge in [0.25, 0.3) is 0 Å². The molecule has 1 aromatic carbocycles. The molecule has 0 aliphatic carbocycles. The van der Waals surface area contributed by atoms with Crippen molar-refractivity contribution in [2.45, 2.75) is 71.0 Å². The molecule has 1 amide bonds. The first-order valence-corrected chi connectivity index (χ1v) is 12.1. The van der Waals surface area contributed by atoms with Gasteiger partial charge in [-0.25, -0.2) is 23.4 Å². The summed E-state index contributed by atoms with van der Waals surface area (Å²) >= 11 is 0. The first kappa shape index (κ1) is 26.0. The molecule has 9 nitrogen and oxygen atoms in total. The quantitative estimate of drug-likeness (QED) is 0.620. The summed E-state index contributed by atoms with van der Waals surface area (Å²) in [6.45, 7) is 9.13. The zero-order valence-corrected chi connectivity index (χ0v) is 20.9. The topological polar surface area (TPSA) is 94.9 Å². The van der Waals surface area contributed by atoms with Crippen LogP contribution in [0.3, 0.4) is 0 Å². The molecule has 3 atom stereocenters. The first-order valence-electron chi connectivity index (χ1n) is 12.1. The number of carbonyl (C=O) groups is 2. The predicted molar refractivity (Wildman–Crippen MR) is 125 cm³/mol. The smallest absolute Gasteiger partial charge is 0.407 e. The maximum Gasteiger partial charge on any atom is 0.407 e. The number of benzene rings is 1. The molecule has 36 heavy (non-hydrogen) atoms. The summed E-state index contributed by atoms with van der Waals surface area (Å²) in [5, 5.41) is 2.81. The van der Waals surface area contributed by atoms with Gasteiger partial charge < -0.3 is 24.1 Å². The Kier molecular flexibility index (Phi) is 7.60. The average molecular weight is 507 g/mol. The predicted octanol–water partition coefficient (Wildman–Crippen LogP) is 3.58. The van der Waals surface area contributed by atoms with Crippen molar-refractivity contribution in [3.63, 3.8) is 0 Å². The van der Waals surface area contributed by atoms with Crippen LogP contribution in [0, 0.1) is 11.6 Å². The highest BCUT2D eigenvalue weighted by Crippen LogP contribution is 2.33. The summed E-state index contributed by atoms with van der Waals surface area (Å²) in [6, 6.07) is 2.40. The summed E-state index contributed by atoms with van der Waals surface area (Å²) in [7, 11) is 0. The number of carbonyl (C=O) groups excluding carboxylic acids is 2. The van der Waals surface area contributed by atoms with E-state index in [1.807, 2.05) is 4.57 Å². The van der Waals surface area contributed by atoms with E-state index in [0.717, 1.165) is 24.0 Å². The Balaban J connectivity index is 1.52. The van der Waals surface area contributed by atoms with Gasteiger partial charge in [0.15, 0.2) is 0 Å². The van der Waals surface area contributed by atoms with Crippen molar-refractivity contribution < 1.29 is 32.6 Å². The Morgan fingerprint density at radius 1 is 1.25 bits per heavy atom. The van der Waals surface area contributed by atoms with Crippen molar-refractivity contribution in [2.24, 2.45) is 0 Å². The maximum atomic E-state index is 14.6. The fourth-order valence-electron chi connectivity index (χ4n) is 4.66. The first-order chi connectivity index (χ1) is 17.1. The standard InChI is InChI=1S/C25H32F2N4O5/c1-5-34-23(32)20-12-28-21-13-30(8-9-31(20)21)16-11-19(29-24(33)36-25(2,3)4)22(35-14-16)17-10-15(26)6-7-18(17)27/h6-7,10,12,16,19,22H,5,8-9,11,13-14H2,1-4H3,(H,29,33)/t16-,19+,22-/m1/s1. The normalized spacial score (nSPS) is 22.6. The second-order valence-electron chi connectivity index (χ2n) is 9.96. The SMILES string of the molecule is CCOC(=O)c1cnc2n1CCN([C@H]1CO[C@H](c3cc(F)ccc3F)[C@@H](NC(=O)OC(C)(C)C)C1)C2. The number of rotatable bonds is 5. The van der Waals surface area contributed by atoms with Crippen molar-refractivity contribution in [1.82, 2.24) is 19.8 Å². The average Bonchev–Trinajstić information content (AvgIpc) is 3.23. The lowest BCUT2D eigenvalue weighted by atomic mass is 9.92. The third-order valence-corrected chi connectivity index (χ3v) is 6.22. The van der Waals surface area contributed by atoms with Crippen LogP contribution < -0.4 is 5.32 Å². The molecule has 0 radical (unpaired) electrons. The van der Waals surface area contributed by atoms with Gasteiger partial charge in [0.1, 0.15) is 34.9 Å². The van der Waals surface area contributed by atoms with E-state index in [1.54, 1.807) is 27.7 Å². The summed E-state index contributed by atoms with van der Waals surface area (Å²) in [5.41, 5.74) is -0.264. The van der Waals surface area contributed by atoms with Crippen LogP contribution in [0.5, 0.6) is 0 Å². The minimum Gasteiger partial charge on any atom is -0.461 e. The lowest BCUT2D eigenvalue weighted by molar-refractivity contribution is -0.0665. The van der Waals surface area contributed by atoms with Crippen LogP contribution in [-0.2, 0) is 27.3 Å². The number of aromatic nitrogens is 2. The minimum atomic E-state index is -0.883. The third kappa shape index (κ3) is 5.84. The van der Waals surface area contributed by atoms with Crippen molar-refractivity contribution in [3.8, 4) is 0 Å². The van der Waals surface area contributed by atoms with E-state index in [-0.39, 0.29) is 24.8 Å². The van der Waals surface area contributed by atoms with Gasteiger partial charge in [-0.05, 0) is 52.3 Å². The number of nitrogens with zero attached hydrogens (tertiary/aromatic N) is 3. The Hall–Kier alpha value is -3.05. The van der Waals surface area contributed by atoms with Gasteiger partial charge in [0.2, 0.25) is 0 Å². The second-order valence-corrected chi connectivity index (χ2v) is 9.96. The van der Waals surface area contributed by atoms with Crippen molar-refractivity contribution in [3.05, 3.63) is 53.1 Å². The van der Waals surface area contributed by atoms with E-state index < -0.39 is 41.4 Å². The van der Waals surface area contributed by atoms with E-state index in [1.165, 1.54) is 6.20 Å². The highest BCUT2D eigenvalue weighted by atomic mass is 19.1. The fraction of sp³-hybridized carbons (Fsp3) is 0.560. The molecular weight excluding hydrogens is 474 g/mol. The Morgan fingerprint density at radius 2 is 2.03 bits per heavy atom. The molecule has 2 aliphatic heterocycles. The van der Waals surface area contributed by atoms with Crippen LogP contribution in [0.15, 0.2) is 24.4 Å². The number of imidazole rings is 1. The molecule has 0 spiro atoms. The van der Waals surface area contributed by atoms with Crippen LogP contribution in [0.1, 0.15) is 62.1 Å². The molecule has 1 fully saturated rings. The lowest BCUT2D eigenvalue weighted by Crippen LogP contribution is -2.54. The van der Waals surface area contributed by atoms with Gasteiger partial charge in [-0.3, -0.25) is 4.90 Å². The van der Waals surface area contributed by atoms with Crippen LogP contribution in [0.25, 0.3) is 0 Å². The molecule has 3 heterocycles.